The van der Waals surface area contributed by atoms with Gasteiger partial charge in [0.05, 0.1) is 5.56 Å². The molecule has 0 fully saturated rings. The van der Waals surface area contributed by atoms with Crippen molar-refractivity contribution in [3.63, 3.8) is 0 Å². The number of nitrogen functional groups attached to an aromatic ring is 1. The summed E-state index contributed by atoms with van der Waals surface area (Å²) in [5.74, 6) is -0.762. The van der Waals surface area contributed by atoms with Gasteiger partial charge in [0.1, 0.15) is 11.7 Å². The Balaban J connectivity index is 0. The van der Waals surface area contributed by atoms with Gasteiger partial charge in [0.25, 0.3) is 0 Å². The van der Waals surface area contributed by atoms with Gasteiger partial charge in [-0.2, -0.15) is 0 Å². The molecule has 0 spiro atoms. The summed E-state index contributed by atoms with van der Waals surface area (Å²) in [4.78, 5) is 0. The van der Waals surface area contributed by atoms with E-state index in [-0.39, 0.29) is 42.8 Å². The minimum atomic E-state index is -0.495. The molecule has 0 aromatic heterocycles. The van der Waals surface area contributed by atoms with Crippen LogP contribution in [0, 0.1) is 11.2 Å². The lowest BCUT2D eigenvalue weighted by atomic mass is 10.1. The van der Waals surface area contributed by atoms with Gasteiger partial charge >= 0.3 is 0 Å². The van der Waals surface area contributed by atoms with E-state index in [0.29, 0.717) is 5.56 Å². The molecule has 0 unspecified atom stereocenters. The first-order chi connectivity index (χ1) is 5.65. The fourth-order valence-corrected chi connectivity index (χ4v) is 0.904. The Morgan fingerprint density at radius 3 is 2.29 bits per heavy atom. The summed E-state index contributed by atoms with van der Waals surface area (Å²) >= 11 is 0. The molecule has 0 saturated heterocycles. The predicted octanol–water partition coefficient (Wildman–Crippen LogP) is 1.41. The van der Waals surface area contributed by atoms with Crippen molar-refractivity contribution in [2.24, 2.45) is 11.5 Å². The predicted molar refractivity (Wildman–Crippen MR) is 59.8 cm³/mol. The SMILES string of the molecule is Cl.Cl.N=C(N)c1ccc(CN)cc1F. The molecule has 0 amide bonds. The molecule has 1 aromatic rings. The Morgan fingerprint density at radius 2 is 1.93 bits per heavy atom. The van der Waals surface area contributed by atoms with E-state index in [1.165, 1.54) is 12.1 Å². The smallest absolute Gasteiger partial charge is 0.134 e. The van der Waals surface area contributed by atoms with Crippen molar-refractivity contribution in [2.75, 3.05) is 0 Å². The molecule has 0 aliphatic rings. The van der Waals surface area contributed by atoms with Crippen LogP contribution in [0.25, 0.3) is 0 Å². The maximum absolute atomic E-state index is 13.0. The lowest BCUT2D eigenvalue weighted by Gasteiger charge is -2.02. The number of benzene rings is 1. The van der Waals surface area contributed by atoms with Crippen LogP contribution in [-0.2, 0) is 6.54 Å². The largest absolute Gasteiger partial charge is 0.384 e. The van der Waals surface area contributed by atoms with Crippen LogP contribution in [0.2, 0.25) is 0 Å². The van der Waals surface area contributed by atoms with Crippen LogP contribution in [0.3, 0.4) is 0 Å². The molecule has 0 atom stereocenters. The molecule has 80 valence electrons. The monoisotopic (exact) mass is 239 g/mol. The highest BCUT2D eigenvalue weighted by Crippen LogP contribution is 2.08. The highest BCUT2D eigenvalue weighted by atomic mass is 35.5. The third-order valence-corrected chi connectivity index (χ3v) is 1.56. The highest BCUT2D eigenvalue weighted by Gasteiger charge is 2.04. The van der Waals surface area contributed by atoms with Gasteiger partial charge < -0.3 is 11.5 Å². The highest BCUT2D eigenvalue weighted by molar-refractivity contribution is 5.95. The van der Waals surface area contributed by atoms with Crippen molar-refractivity contribution in [3.05, 3.63) is 35.1 Å². The van der Waals surface area contributed by atoms with Crippen LogP contribution in [0.5, 0.6) is 0 Å². The van der Waals surface area contributed by atoms with Gasteiger partial charge in [-0.1, -0.05) is 6.07 Å². The molecule has 6 heteroatoms. The molecule has 0 aliphatic carbocycles. The van der Waals surface area contributed by atoms with Crippen molar-refractivity contribution < 1.29 is 4.39 Å². The fourth-order valence-electron chi connectivity index (χ4n) is 0.904. The molecular weight excluding hydrogens is 228 g/mol. The van der Waals surface area contributed by atoms with Crippen molar-refractivity contribution in [3.8, 4) is 0 Å². The summed E-state index contributed by atoms with van der Waals surface area (Å²) in [5.41, 5.74) is 11.2. The minimum Gasteiger partial charge on any atom is -0.384 e. The molecule has 0 saturated carbocycles. The van der Waals surface area contributed by atoms with Crippen LogP contribution in [-0.4, -0.2) is 5.84 Å². The van der Waals surface area contributed by atoms with Gasteiger partial charge in [0.2, 0.25) is 0 Å². The molecule has 5 N–H and O–H groups in total. The van der Waals surface area contributed by atoms with Crippen LogP contribution in [0.4, 0.5) is 4.39 Å². The number of nitrogens with two attached hydrogens (primary N) is 2. The van der Waals surface area contributed by atoms with Gasteiger partial charge in [-0.05, 0) is 17.7 Å². The van der Waals surface area contributed by atoms with Crippen molar-refractivity contribution >= 4 is 30.6 Å². The Morgan fingerprint density at radius 1 is 1.36 bits per heavy atom. The van der Waals surface area contributed by atoms with Crippen molar-refractivity contribution in [1.82, 2.24) is 0 Å². The van der Waals surface area contributed by atoms with E-state index in [1.54, 1.807) is 6.07 Å². The Bertz CT molecular complexity index is 317. The summed E-state index contributed by atoms with van der Waals surface area (Å²) < 4.78 is 13.0. The van der Waals surface area contributed by atoms with Gasteiger partial charge in [0.15, 0.2) is 0 Å². The van der Waals surface area contributed by atoms with E-state index >= 15 is 0 Å². The molecular formula is C8H12Cl2FN3. The normalized spacial score (nSPS) is 8.43. The number of hydrogen-bond donors (Lipinski definition) is 3. The summed E-state index contributed by atoms with van der Waals surface area (Å²) in [6.07, 6.45) is 0. The number of nitrogens with one attached hydrogen (secondary N) is 1. The fraction of sp³-hybridized carbons (Fsp3) is 0.125. The number of halogens is 3. The Kier molecular flexibility index (Phi) is 7.35. The zero-order chi connectivity index (χ0) is 9.14. The molecule has 3 nitrogen and oxygen atoms in total. The summed E-state index contributed by atoms with van der Waals surface area (Å²) in [6.45, 7) is 0.287. The van der Waals surface area contributed by atoms with Gasteiger partial charge in [0, 0.05) is 6.54 Å². The summed E-state index contributed by atoms with van der Waals surface area (Å²) in [7, 11) is 0. The second kappa shape index (κ2) is 6.59. The topological polar surface area (TPSA) is 75.9 Å². The van der Waals surface area contributed by atoms with E-state index in [2.05, 4.69) is 0 Å². The van der Waals surface area contributed by atoms with Crippen LogP contribution >= 0.6 is 24.8 Å². The number of rotatable bonds is 2. The van der Waals surface area contributed by atoms with Crippen LogP contribution in [0.15, 0.2) is 18.2 Å². The molecule has 0 aliphatic heterocycles. The molecule has 1 aromatic carbocycles. The van der Waals surface area contributed by atoms with E-state index < -0.39 is 5.82 Å². The van der Waals surface area contributed by atoms with Gasteiger partial charge in [-0.3, -0.25) is 5.41 Å². The molecule has 1 rings (SSSR count). The van der Waals surface area contributed by atoms with E-state index in [0.717, 1.165) is 0 Å². The zero-order valence-electron chi connectivity index (χ0n) is 7.29. The molecule has 0 heterocycles. The Labute approximate surface area is 94.0 Å². The van der Waals surface area contributed by atoms with E-state index in [9.17, 15) is 4.39 Å². The third-order valence-electron chi connectivity index (χ3n) is 1.56. The van der Waals surface area contributed by atoms with Crippen molar-refractivity contribution in [2.45, 2.75) is 6.54 Å². The van der Waals surface area contributed by atoms with E-state index in [1.807, 2.05) is 0 Å². The lowest BCUT2D eigenvalue weighted by Crippen LogP contribution is -2.13. The first kappa shape index (κ1) is 15.6. The summed E-state index contributed by atoms with van der Waals surface area (Å²) in [5, 5.41) is 7.01. The van der Waals surface area contributed by atoms with E-state index in [4.69, 9.17) is 16.9 Å². The quantitative estimate of drug-likeness (QED) is 0.540. The second-order valence-corrected chi connectivity index (χ2v) is 2.43. The summed E-state index contributed by atoms with van der Waals surface area (Å²) in [6, 6.07) is 4.40. The number of amidine groups is 1. The molecule has 14 heavy (non-hydrogen) atoms. The maximum Gasteiger partial charge on any atom is 0.134 e. The molecule has 0 radical (unpaired) electrons. The number of hydrogen-bond acceptors (Lipinski definition) is 2. The Hall–Kier alpha value is -0.840. The average Bonchev–Trinajstić information content (AvgIpc) is 2.03. The standard InChI is InChI=1S/C8H10FN3.2ClH/c9-7-3-5(4-10)1-2-6(7)8(11)12;;/h1-3H,4,10H2,(H3,11,12);2*1H. The minimum absolute atomic E-state index is 0. The van der Waals surface area contributed by atoms with Crippen molar-refractivity contribution in [1.29, 1.82) is 5.41 Å². The average molecular weight is 240 g/mol. The third kappa shape index (κ3) is 3.49. The van der Waals surface area contributed by atoms with Gasteiger partial charge in [-0.15, -0.1) is 24.8 Å². The molecule has 0 bridgehead atoms. The second-order valence-electron chi connectivity index (χ2n) is 2.43. The first-order valence-corrected chi connectivity index (χ1v) is 3.48. The van der Waals surface area contributed by atoms with Gasteiger partial charge in [-0.25, -0.2) is 4.39 Å². The zero-order valence-corrected chi connectivity index (χ0v) is 8.92. The maximum atomic E-state index is 13.0. The van der Waals surface area contributed by atoms with Crippen LogP contribution < -0.4 is 11.5 Å². The van der Waals surface area contributed by atoms with Crippen LogP contribution in [0.1, 0.15) is 11.1 Å². The first-order valence-electron chi connectivity index (χ1n) is 3.48. The lowest BCUT2D eigenvalue weighted by molar-refractivity contribution is 0.622.